The molecular formula is C14H13N5O5. The number of amides is 3. The van der Waals surface area contributed by atoms with Crippen molar-refractivity contribution in [3.63, 3.8) is 0 Å². The Labute approximate surface area is 135 Å². The van der Waals surface area contributed by atoms with Crippen molar-refractivity contribution in [1.29, 1.82) is 0 Å². The highest BCUT2D eigenvalue weighted by Gasteiger charge is 2.49. The molecule has 1 saturated heterocycles. The van der Waals surface area contributed by atoms with Crippen LogP contribution in [0.1, 0.15) is 24.2 Å². The first-order chi connectivity index (χ1) is 11.3. The number of aryl methyl sites for hydroxylation is 1. The number of non-ortho nitro benzene ring substituents is 1. The van der Waals surface area contributed by atoms with E-state index in [-0.39, 0.29) is 18.1 Å². The van der Waals surface area contributed by atoms with Gasteiger partial charge in [0.25, 0.3) is 11.6 Å². The van der Waals surface area contributed by atoms with E-state index in [1.165, 1.54) is 25.1 Å². The minimum atomic E-state index is -1.40. The summed E-state index contributed by atoms with van der Waals surface area (Å²) in [6.07, 6.45) is 0. The number of nitrogens with zero attached hydrogens (tertiary/aromatic N) is 4. The van der Waals surface area contributed by atoms with Crippen molar-refractivity contribution < 1.29 is 19.0 Å². The van der Waals surface area contributed by atoms with Crippen LogP contribution in [0.4, 0.5) is 10.5 Å². The van der Waals surface area contributed by atoms with Crippen LogP contribution in [0.25, 0.3) is 0 Å². The Bertz CT molecular complexity index is 848. The van der Waals surface area contributed by atoms with Crippen LogP contribution in [0, 0.1) is 17.0 Å². The van der Waals surface area contributed by atoms with E-state index in [1.54, 1.807) is 13.0 Å². The van der Waals surface area contributed by atoms with Crippen LogP contribution in [0.5, 0.6) is 0 Å². The highest BCUT2D eigenvalue weighted by atomic mass is 16.6. The molecular weight excluding hydrogens is 318 g/mol. The van der Waals surface area contributed by atoms with Gasteiger partial charge >= 0.3 is 6.03 Å². The molecule has 10 heteroatoms. The maximum absolute atomic E-state index is 12.7. The van der Waals surface area contributed by atoms with E-state index < -0.39 is 22.4 Å². The molecule has 2 heterocycles. The van der Waals surface area contributed by atoms with Gasteiger partial charge in [0.2, 0.25) is 5.89 Å². The second kappa shape index (κ2) is 5.41. The fraction of sp³-hybridized carbons (Fsp3) is 0.286. The number of imide groups is 1. The minimum absolute atomic E-state index is 0.124. The summed E-state index contributed by atoms with van der Waals surface area (Å²) in [6, 6.07) is 4.95. The Hall–Kier alpha value is -3.30. The van der Waals surface area contributed by atoms with Crippen LogP contribution in [-0.4, -0.2) is 31.9 Å². The second-order valence-corrected chi connectivity index (χ2v) is 5.49. The summed E-state index contributed by atoms with van der Waals surface area (Å²) in [7, 11) is 0. The molecule has 3 amide bonds. The van der Waals surface area contributed by atoms with E-state index in [9.17, 15) is 19.7 Å². The lowest BCUT2D eigenvalue weighted by molar-refractivity contribution is -0.385. The van der Waals surface area contributed by atoms with E-state index >= 15 is 0 Å². The van der Waals surface area contributed by atoms with E-state index in [0.717, 1.165) is 4.90 Å². The highest BCUT2D eigenvalue weighted by molar-refractivity contribution is 6.07. The molecule has 1 unspecified atom stereocenters. The number of benzene rings is 1. The third kappa shape index (κ3) is 2.47. The molecule has 0 saturated carbocycles. The molecule has 1 fully saturated rings. The van der Waals surface area contributed by atoms with E-state index in [0.29, 0.717) is 11.4 Å². The summed E-state index contributed by atoms with van der Waals surface area (Å²) in [5.41, 5.74) is -1.25. The molecule has 1 atom stereocenters. The molecule has 10 nitrogen and oxygen atoms in total. The van der Waals surface area contributed by atoms with Gasteiger partial charge < -0.3 is 9.84 Å². The van der Waals surface area contributed by atoms with Crippen LogP contribution in [-0.2, 0) is 16.9 Å². The Morgan fingerprint density at radius 2 is 2.17 bits per heavy atom. The number of carbonyl (C=O) groups excluding carboxylic acids is 2. The summed E-state index contributed by atoms with van der Waals surface area (Å²) >= 11 is 0. The number of nitro benzene ring substituents is 1. The van der Waals surface area contributed by atoms with Crippen molar-refractivity contribution in [1.82, 2.24) is 20.4 Å². The number of hydrogen-bond donors (Lipinski definition) is 1. The third-order valence-electron chi connectivity index (χ3n) is 3.77. The normalized spacial score (nSPS) is 20.3. The topological polar surface area (TPSA) is 131 Å². The predicted molar refractivity (Wildman–Crippen MR) is 78.6 cm³/mol. The second-order valence-electron chi connectivity index (χ2n) is 5.49. The molecule has 1 N–H and O–H groups in total. The lowest BCUT2D eigenvalue weighted by Gasteiger charge is -2.21. The molecule has 124 valence electrons. The summed E-state index contributed by atoms with van der Waals surface area (Å²) < 4.78 is 4.92. The van der Waals surface area contributed by atoms with Gasteiger partial charge in [0.05, 0.1) is 4.92 Å². The van der Waals surface area contributed by atoms with Gasteiger partial charge in [0.15, 0.2) is 5.82 Å². The number of urea groups is 1. The predicted octanol–water partition coefficient (Wildman–Crippen LogP) is 1.25. The quantitative estimate of drug-likeness (QED) is 0.506. The summed E-state index contributed by atoms with van der Waals surface area (Å²) in [5, 5.41) is 17.1. The van der Waals surface area contributed by atoms with Crippen molar-refractivity contribution in [2.75, 3.05) is 0 Å². The van der Waals surface area contributed by atoms with Gasteiger partial charge in [-0.2, -0.15) is 4.98 Å². The van der Waals surface area contributed by atoms with Gasteiger partial charge in [-0.1, -0.05) is 17.3 Å². The Morgan fingerprint density at radius 1 is 1.42 bits per heavy atom. The smallest absolute Gasteiger partial charge is 0.325 e. The summed E-state index contributed by atoms with van der Waals surface area (Å²) in [5.74, 6) is -0.0401. The molecule has 24 heavy (non-hydrogen) atoms. The van der Waals surface area contributed by atoms with Crippen LogP contribution in [0.2, 0.25) is 0 Å². The van der Waals surface area contributed by atoms with Crippen LogP contribution >= 0.6 is 0 Å². The number of rotatable bonds is 4. The van der Waals surface area contributed by atoms with Crippen molar-refractivity contribution in [2.45, 2.75) is 25.9 Å². The van der Waals surface area contributed by atoms with E-state index in [4.69, 9.17) is 4.52 Å². The van der Waals surface area contributed by atoms with Crippen LogP contribution in [0.3, 0.4) is 0 Å². The van der Waals surface area contributed by atoms with Crippen molar-refractivity contribution in [3.05, 3.63) is 51.7 Å². The third-order valence-corrected chi connectivity index (χ3v) is 3.77. The monoisotopic (exact) mass is 331 g/mol. The van der Waals surface area contributed by atoms with Crippen molar-refractivity contribution >= 4 is 17.6 Å². The SMILES string of the molecule is Cc1noc(CN2C(=O)NC(C)(c3cccc([N+](=O)[O-])c3)C2=O)n1. The molecule has 3 rings (SSSR count). The average Bonchev–Trinajstić information content (AvgIpc) is 3.05. The molecule has 1 aromatic heterocycles. The molecule has 1 aromatic carbocycles. The number of nitro groups is 1. The van der Waals surface area contributed by atoms with Crippen LogP contribution in [0.15, 0.2) is 28.8 Å². The molecule has 0 aliphatic carbocycles. The lowest BCUT2D eigenvalue weighted by atomic mass is 9.91. The number of nitrogens with one attached hydrogen (secondary N) is 1. The summed E-state index contributed by atoms with van der Waals surface area (Å²) in [4.78, 5) is 40.1. The van der Waals surface area contributed by atoms with Gasteiger partial charge in [-0.3, -0.25) is 19.8 Å². The van der Waals surface area contributed by atoms with Gasteiger partial charge in [-0.25, -0.2) is 4.79 Å². The van der Waals surface area contributed by atoms with Crippen LogP contribution < -0.4 is 5.32 Å². The zero-order valence-electron chi connectivity index (χ0n) is 12.8. The molecule has 2 aromatic rings. The standard InChI is InChI=1S/C14H13N5O5/c1-8-15-11(24-17-8)7-18-12(20)14(2,16-13(18)21)9-4-3-5-10(6-9)19(22)23/h3-6H,7H2,1-2H3,(H,16,21). The largest absolute Gasteiger partial charge is 0.337 e. The first kappa shape index (κ1) is 15.6. The number of aromatic nitrogens is 2. The van der Waals surface area contributed by atoms with Gasteiger partial charge in [-0.05, 0) is 19.4 Å². The Balaban J connectivity index is 1.92. The molecule has 0 radical (unpaired) electrons. The first-order valence-electron chi connectivity index (χ1n) is 6.99. The zero-order chi connectivity index (χ0) is 17.5. The fourth-order valence-electron chi connectivity index (χ4n) is 2.51. The summed E-state index contributed by atoms with van der Waals surface area (Å²) in [6.45, 7) is 2.94. The molecule has 1 aliphatic heterocycles. The first-order valence-corrected chi connectivity index (χ1v) is 6.99. The van der Waals surface area contributed by atoms with Gasteiger partial charge in [-0.15, -0.1) is 0 Å². The lowest BCUT2D eigenvalue weighted by Crippen LogP contribution is -2.40. The Morgan fingerprint density at radius 3 is 2.79 bits per heavy atom. The zero-order valence-corrected chi connectivity index (χ0v) is 12.8. The average molecular weight is 331 g/mol. The maximum Gasteiger partial charge on any atom is 0.325 e. The highest BCUT2D eigenvalue weighted by Crippen LogP contribution is 2.31. The number of hydrogen-bond acceptors (Lipinski definition) is 7. The molecule has 1 aliphatic rings. The molecule has 0 bridgehead atoms. The fourth-order valence-corrected chi connectivity index (χ4v) is 2.51. The van der Waals surface area contributed by atoms with E-state index in [1.807, 2.05) is 0 Å². The van der Waals surface area contributed by atoms with Crippen molar-refractivity contribution in [3.8, 4) is 0 Å². The minimum Gasteiger partial charge on any atom is -0.337 e. The van der Waals surface area contributed by atoms with E-state index in [2.05, 4.69) is 15.5 Å². The molecule has 0 spiro atoms. The van der Waals surface area contributed by atoms with Gasteiger partial charge in [0, 0.05) is 12.1 Å². The van der Waals surface area contributed by atoms with Gasteiger partial charge in [0.1, 0.15) is 12.1 Å². The maximum atomic E-state index is 12.7. The Kier molecular flexibility index (Phi) is 3.51. The number of carbonyl (C=O) groups is 2. The van der Waals surface area contributed by atoms with Crippen molar-refractivity contribution in [2.24, 2.45) is 0 Å².